The van der Waals surface area contributed by atoms with E-state index in [9.17, 15) is 10.1 Å². The van der Waals surface area contributed by atoms with E-state index in [1.807, 2.05) is 4.90 Å². The van der Waals surface area contributed by atoms with Crippen molar-refractivity contribution in [1.82, 2.24) is 4.90 Å². The van der Waals surface area contributed by atoms with Crippen molar-refractivity contribution in [3.8, 4) is 6.07 Å². The molecule has 0 aromatic carbocycles. The van der Waals surface area contributed by atoms with Crippen molar-refractivity contribution in [2.45, 2.75) is 44.9 Å². The fourth-order valence-electron chi connectivity index (χ4n) is 3.91. The summed E-state index contributed by atoms with van der Waals surface area (Å²) < 4.78 is 5.50. The van der Waals surface area contributed by atoms with Crippen molar-refractivity contribution in [2.24, 2.45) is 10.8 Å². The normalized spacial score (nSPS) is 33.5. The Bertz CT molecular complexity index is 401. The van der Waals surface area contributed by atoms with Gasteiger partial charge in [0.15, 0.2) is 0 Å². The highest BCUT2D eigenvalue weighted by Crippen LogP contribution is 2.42. The van der Waals surface area contributed by atoms with Crippen LogP contribution in [0.25, 0.3) is 0 Å². The third kappa shape index (κ3) is 2.14. The molecular formula is C15H22N2O2. The van der Waals surface area contributed by atoms with Gasteiger partial charge in [0, 0.05) is 25.1 Å². The minimum atomic E-state index is -0.719. The Labute approximate surface area is 114 Å². The molecule has 4 heteroatoms. The molecule has 3 rings (SSSR count). The maximum absolute atomic E-state index is 12.8. The average molecular weight is 262 g/mol. The number of amides is 1. The van der Waals surface area contributed by atoms with E-state index < -0.39 is 5.41 Å². The van der Waals surface area contributed by atoms with Crippen LogP contribution in [0.1, 0.15) is 44.9 Å². The lowest BCUT2D eigenvalue weighted by Gasteiger charge is -2.33. The fraction of sp³-hybridized carbons (Fsp3) is 0.867. The molecule has 4 nitrogen and oxygen atoms in total. The number of hydrogen-bond donors (Lipinski definition) is 0. The topological polar surface area (TPSA) is 53.3 Å². The van der Waals surface area contributed by atoms with E-state index in [1.165, 1.54) is 0 Å². The van der Waals surface area contributed by atoms with E-state index in [2.05, 4.69) is 6.07 Å². The van der Waals surface area contributed by atoms with E-state index >= 15 is 0 Å². The Morgan fingerprint density at radius 3 is 2.58 bits per heavy atom. The first-order chi connectivity index (χ1) is 9.20. The monoisotopic (exact) mass is 262 g/mol. The number of carbonyl (C=O) groups excluding carboxylic acids is 1. The number of hydrogen-bond acceptors (Lipinski definition) is 3. The van der Waals surface area contributed by atoms with E-state index in [0.717, 1.165) is 71.2 Å². The van der Waals surface area contributed by atoms with E-state index in [1.54, 1.807) is 0 Å². The highest BCUT2D eigenvalue weighted by Gasteiger charge is 2.48. The summed E-state index contributed by atoms with van der Waals surface area (Å²) in [5, 5.41) is 9.51. The zero-order valence-corrected chi connectivity index (χ0v) is 11.5. The summed E-state index contributed by atoms with van der Waals surface area (Å²) in [6, 6.07) is 2.35. The third-order valence-corrected chi connectivity index (χ3v) is 5.24. The summed E-state index contributed by atoms with van der Waals surface area (Å²) in [5.74, 6) is 0.0958. The molecule has 2 aliphatic heterocycles. The fourth-order valence-corrected chi connectivity index (χ4v) is 3.91. The molecule has 0 bridgehead atoms. The summed E-state index contributed by atoms with van der Waals surface area (Å²) in [6.07, 6.45) is 6.80. The van der Waals surface area contributed by atoms with Crippen LogP contribution in [0.5, 0.6) is 0 Å². The molecule has 1 saturated carbocycles. The molecule has 1 spiro atoms. The maximum atomic E-state index is 12.8. The predicted octanol–water partition coefficient (Wildman–Crippen LogP) is 2.10. The Morgan fingerprint density at radius 2 is 1.95 bits per heavy atom. The Morgan fingerprint density at radius 1 is 1.16 bits per heavy atom. The molecule has 1 unspecified atom stereocenters. The Balaban J connectivity index is 1.72. The van der Waals surface area contributed by atoms with Gasteiger partial charge >= 0.3 is 0 Å². The van der Waals surface area contributed by atoms with Gasteiger partial charge in [-0.2, -0.15) is 5.26 Å². The predicted molar refractivity (Wildman–Crippen MR) is 70.2 cm³/mol. The zero-order chi connectivity index (χ0) is 13.3. The lowest BCUT2D eigenvalue weighted by molar-refractivity contribution is -0.139. The van der Waals surface area contributed by atoms with Gasteiger partial charge < -0.3 is 9.64 Å². The number of nitriles is 1. The van der Waals surface area contributed by atoms with Crippen molar-refractivity contribution < 1.29 is 9.53 Å². The first-order valence-corrected chi connectivity index (χ1v) is 7.48. The molecule has 0 radical (unpaired) electrons. The lowest BCUT2D eigenvalue weighted by Crippen LogP contribution is -2.44. The molecule has 0 aromatic heterocycles. The van der Waals surface area contributed by atoms with E-state index in [-0.39, 0.29) is 11.3 Å². The van der Waals surface area contributed by atoms with Gasteiger partial charge in [-0.25, -0.2) is 0 Å². The number of ether oxygens (including phenoxy) is 1. The summed E-state index contributed by atoms with van der Waals surface area (Å²) in [7, 11) is 0. The largest absolute Gasteiger partial charge is 0.381 e. The number of carbonyl (C=O) groups is 1. The molecule has 1 amide bonds. The van der Waals surface area contributed by atoms with Crippen LogP contribution in [-0.2, 0) is 9.53 Å². The van der Waals surface area contributed by atoms with Crippen LogP contribution in [0.3, 0.4) is 0 Å². The minimum absolute atomic E-state index is 0.0958. The molecule has 2 heterocycles. The maximum Gasteiger partial charge on any atom is 0.243 e. The molecule has 104 valence electrons. The molecule has 0 N–H and O–H groups in total. The standard InChI is InChI=1S/C15H22N2O2/c16-10-15(4-2-1-3-5-15)13(18)17-8-6-14(11-17)7-9-19-12-14/h1-9,11-12H2. The average Bonchev–Trinajstić information content (AvgIpc) is 3.09. The molecule has 3 fully saturated rings. The van der Waals surface area contributed by atoms with Crippen LogP contribution in [0.4, 0.5) is 0 Å². The van der Waals surface area contributed by atoms with Gasteiger partial charge in [-0.15, -0.1) is 0 Å². The summed E-state index contributed by atoms with van der Waals surface area (Å²) in [6.45, 7) is 3.22. The van der Waals surface area contributed by atoms with Crippen LogP contribution in [0, 0.1) is 22.2 Å². The summed E-state index contributed by atoms with van der Waals surface area (Å²) in [4.78, 5) is 14.7. The first-order valence-electron chi connectivity index (χ1n) is 7.48. The molecule has 3 aliphatic rings. The van der Waals surface area contributed by atoms with Crippen LogP contribution in [-0.4, -0.2) is 37.1 Å². The second-order valence-electron chi connectivity index (χ2n) is 6.53. The van der Waals surface area contributed by atoms with Crippen molar-refractivity contribution in [1.29, 1.82) is 5.26 Å². The van der Waals surface area contributed by atoms with Crippen LogP contribution in [0.2, 0.25) is 0 Å². The second-order valence-corrected chi connectivity index (χ2v) is 6.53. The van der Waals surface area contributed by atoms with Crippen LogP contribution in [0.15, 0.2) is 0 Å². The Hall–Kier alpha value is -1.08. The molecule has 0 aromatic rings. The van der Waals surface area contributed by atoms with Gasteiger partial charge in [-0.3, -0.25) is 4.79 Å². The third-order valence-electron chi connectivity index (χ3n) is 5.24. The molecule has 2 saturated heterocycles. The SMILES string of the molecule is N#CC1(C(=O)N2CCC3(CCOC3)C2)CCCCC1. The van der Waals surface area contributed by atoms with Crippen molar-refractivity contribution in [3.05, 3.63) is 0 Å². The van der Waals surface area contributed by atoms with Crippen molar-refractivity contribution in [2.75, 3.05) is 26.3 Å². The number of rotatable bonds is 1. The summed E-state index contributed by atoms with van der Waals surface area (Å²) >= 11 is 0. The van der Waals surface area contributed by atoms with E-state index in [4.69, 9.17) is 4.74 Å². The Kier molecular flexibility index (Phi) is 3.26. The van der Waals surface area contributed by atoms with Crippen molar-refractivity contribution >= 4 is 5.91 Å². The van der Waals surface area contributed by atoms with Gasteiger partial charge in [0.25, 0.3) is 0 Å². The number of likely N-dealkylation sites (tertiary alicyclic amines) is 1. The lowest BCUT2D eigenvalue weighted by atomic mass is 9.74. The minimum Gasteiger partial charge on any atom is -0.381 e. The highest BCUT2D eigenvalue weighted by atomic mass is 16.5. The first kappa shape index (κ1) is 12.9. The second kappa shape index (κ2) is 4.79. The summed E-state index contributed by atoms with van der Waals surface area (Å²) in [5.41, 5.74) is -0.524. The zero-order valence-electron chi connectivity index (χ0n) is 11.5. The highest BCUT2D eigenvalue weighted by molar-refractivity contribution is 5.86. The van der Waals surface area contributed by atoms with Gasteiger partial charge in [-0.05, 0) is 25.7 Å². The van der Waals surface area contributed by atoms with Gasteiger partial charge in [0.05, 0.1) is 12.7 Å². The van der Waals surface area contributed by atoms with Crippen molar-refractivity contribution in [3.63, 3.8) is 0 Å². The van der Waals surface area contributed by atoms with Crippen LogP contribution < -0.4 is 0 Å². The van der Waals surface area contributed by atoms with Gasteiger partial charge in [0.2, 0.25) is 5.91 Å². The van der Waals surface area contributed by atoms with Gasteiger partial charge in [0.1, 0.15) is 5.41 Å². The number of nitrogens with zero attached hydrogens (tertiary/aromatic N) is 2. The van der Waals surface area contributed by atoms with E-state index in [0.29, 0.717) is 0 Å². The smallest absolute Gasteiger partial charge is 0.243 e. The quantitative estimate of drug-likeness (QED) is 0.727. The molecule has 19 heavy (non-hydrogen) atoms. The van der Waals surface area contributed by atoms with Gasteiger partial charge in [-0.1, -0.05) is 19.3 Å². The van der Waals surface area contributed by atoms with Crippen LogP contribution >= 0.6 is 0 Å². The molecule has 1 atom stereocenters. The molecular weight excluding hydrogens is 240 g/mol. The molecule has 1 aliphatic carbocycles.